The molecule has 0 bridgehead atoms. The van der Waals surface area contributed by atoms with Gasteiger partial charge in [0.2, 0.25) is 0 Å². The maximum Gasteiger partial charge on any atom is 0.322 e. The Morgan fingerprint density at radius 2 is 1.77 bits per heavy atom. The highest BCUT2D eigenvalue weighted by Gasteiger charge is 2.34. The van der Waals surface area contributed by atoms with Gasteiger partial charge in [0.25, 0.3) is 0 Å². The Labute approximate surface area is 182 Å². The highest BCUT2D eigenvalue weighted by Crippen LogP contribution is 2.31. The van der Waals surface area contributed by atoms with Crippen LogP contribution in [0.15, 0.2) is 42.5 Å². The number of ether oxygens (including phenoxy) is 2. The number of benzene rings is 2. The first kappa shape index (κ1) is 21.2. The summed E-state index contributed by atoms with van der Waals surface area (Å²) in [6.07, 6.45) is 1.65. The van der Waals surface area contributed by atoms with Crippen LogP contribution in [0.1, 0.15) is 35.7 Å². The van der Waals surface area contributed by atoms with Crippen LogP contribution >= 0.6 is 0 Å². The van der Waals surface area contributed by atoms with E-state index in [1.807, 2.05) is 30.0 Å². The summed E-state index contributed by atoms with van der Waals surface area (Å²) in [5.74, 6) is 1.21. The van der Waals surface area contributed by atoms with Gasteiger partial charge in [-0.15, -0.1) is 0 Å². The van der Waals surface area contributed by atoms with Crippen molar-refractivity contribution in [2.45, 2.75) is 38.4 Å². The molecule has 2 heterocycles. The molecule has 1 atom stereocenters. The molecule has 0 aromatic heterocycles. The van der Waals surface area contributed by atoms with Crippen molar-refractivity contribution in [3.05, 3.63) is 53.6 Å². The molecule has 2 amide bonds. The number of piperidine rings is 1. The van der Waals surface area contributed by atoms with Crippen LogP contribution in [0.3, 0.4) is 0 Å². The van der Waals surface area contributed by atoms with Gasteiger partial charge >= 0.3 is 6.03 Å². The minimum absolute atomic E-state index is 0.0356. The Bertz CT molecular complexity index is 969. The van der Waals surface area contributed by atoms with E-state index in [1.54, 1.807) is 32.4 Å². The first-order valence-electron chi connectivity index (χ1n) is 10.7. The van der Waals surface area contributed by atoms with E-state index in [9.17, 15) is 9.59 Å². The Hall–Kier alpha value is -3.06. The number of methoxy groups -OCH3 is 2. The zero-order valence-electron chi connectivity index (χ0n) is 18.3. The van der Waals surface area contributed by atoms with Gasteiger partial charge in [0.05, 0.1) is 25.9 Å². The van der Waals surface area contributed by atoms with Gasteiger partial charge in [-0.1, -0.05) is 18.2 Å². The number of urea groups is 1. The average molecular weight is 424 g/mol. The summed E-state index contributed by atoms with van der Waals surface area (Å²) in [4.78, 5) is 29.8. The molecule has 31 heavy (non-hydrogen) atoms. The van der Waals surface area contributed by atoms with E-state index in [0.29, 0.717) is 23.6 Å². The van der Waals surface area contributed by atoms with Crippen molar-refractivity contribution in [2.75, 3.05) is 32.2 Å². The number of carbonyl (C=O) groups is 2. The van der Waals surface area contributed by atoms with Crippen LogP contribution < -0.4 is 19.7 Å². The lowest BCUT2D eigenvalue weighted by molar-refractivity contribution is 0.0796. The van der Waals surface area contributed by atoms with Gasteiger partial charge in [-0.3, -0.25) is 14.6 Å². The number of nitrogens with one attached hydrogen (secondary N) is 1. The van der Waals surface area contributed by atoms with Crippen LogP contribution in [-0.2, 0) is 6.54 Å². The molecule has 7 heteroatoms. The number of para-hydroxylation sites is 1. The third-order valence-electron chi connectivity index (χ3n) is 6.36. The van der Waals surface area contributed by atoms with Gasteiger partial charge in [0.15, 0.2) is 17.3 Å². The molecule has 0 radical (unpaired) electrons. The summed E-state index contributed by atoms with van der Waals surface area (Å²) in [5.41, 5.74) is 2.75. The average Bonchev–Trinajstić information content (AvgIpc) is 2.82. The molecule has 1 fully saturated rings. The predicted molar refractivity (Wildman–Crippen MR) is 119 cm³/mol. The maximum atomic E-state index is 13.1. The van der Waals surface area contributed by atoms with Crippen LogP contribution in [0.4, 0.5) is 10.5 Å². The van der Waals surface area contributed by atoms with Crippen LogP contribution in [0.5, 0.6) is 11.5 Å². The number of fused-ring (bicyclic) bond motifs is 1. The van der Waals surface area contributed by atoms with E-state index < -0.39 is 0 Å². The highest BCUT2D eigenvalue weighted by molar-refractivity contribution is 6.00. The van der Waals surface area contributed by atoms with Crippen LogP contribution in [-0.4, -0.2) is 56.1 Å². The Morgan fingerprint density at radius 1 is 1.06 bits per heavy atom. The first-order valence-corrected chi connectivity index (χ1v) is 10.7. The van der Waals surface area contributed by atoms with E-state index in [2.05, 4.69) is 16.3 Å². The van der Waals surface area contributed by atoms with Gasteiger partial charge in [-0.2, -0.15) is 0 Å². The van der Waals surface area contributed by atoms with Crippen LogP contribution in [0.2, 0.25) is 0 Å². The van der Waals surface area contributed by atoms with E-state index in [1.165, 1.54) is 0 Å². The summed E-state index contributed by atoms with van der Waals surface area (Å²) < 4.78 is 10.6. The number of hydrogen-bond donors (Lipinski definition) is 1. The molecule has 4 rings (SSSR count). The van der Waals surface area contributed by atoms with Crippen LogP contribution in [0, 0.1) is 0 Å². The third-order valence-corrected chi connectivity index (χ3v) is 6.36. The zero-order valence-corrected chi connectivity index (χ0v) is 18.3. The molecule has 1 unspecified atom stereocenters. The zero-order chi connectivity index (χ0) is 22.0. The molecular formula is C24H29N3O4. The van der Waals surface area contributed by atoms with Crippen molar-refractivity contribution in [3.8, 4) is 11.5 Å². The molecule has 164 valence electrons. The van der Waals surface area contributed by atoms with Gasteiger partial charge in [-0.25, -0.2) is 4.79 Å². The van der Waals surface area contributed by atoms with Gasteiger partial charge in [0, 0.05) is 31.2 Å². The summed E-state index contributed by atoms with van der Waals surface area (Å²) in [6, 6.07) is 13.2. The first-order chi connectivity index (χ1) is 15.0. The number of amides is 2. The number of anilines is 1. The Morgan fingerprint density at radius 3 is 2.48 bits per heavy atom. The third kappa shape index (κ3) is 4.10. The number of hydrogen-bond acceptors (Lipinski definition) is 5. The second kappa shape index (κ2) is 8.98. The largest absolute Gasteiger partial charge is 0.493 e. The molecule has 1 N–H and O–H groups in total. The van der Waals surface area contributed by atoms with Crippen molar-refractivity contribution in [2.24, 2.45) is 0 Å². The summed E-state index contributed by atoms with van der Waals surface area (Å²) in [5, 5.41) is 2.98. The fourth-order valence-corrected chi connectivity index (χ4v) is 4.55. The maximum absolute atomic E-state index is 13.1. The van der Waals surface area contributed by atoms with Crippen molar-refractivity contribution in [1.29, 1.82) is 0 Å². The molecule has 2 aromatic carbocycles. The van der Waals surface area contributed by atoms with E-state index in [0.717, 1.165) is 37.2 Å². The minimum atomic E-state index is -0.249. The molecule has 0 spiro atoms. The summed E-state index contributed by atoms with van der Waals surface area (Å²) in [6.45, 7) is 4.04. The number of nitrogens with zero attached hydrogens (tertiary/aromatic N) is 2. The van der Waals surface area contributed by atoms with Gasteiger partial charge in [0.1, 0.15) is 0 Å². The molecule has 0 saturated carbocycles. The molecule has 2 aliphatic rings. The highest BCUT2D eigenvalue weighted by atomic mass is 16.5. The number of ketones is 1. The lowest BCUT2D eigenvalue weighted by atomic mass is 9.97. The fraction of sp³-hybridized carbons (Fsp3) is 0.417. The molecule has 7 nitrogen and oxygen atoms in total. The van der Waals surface area contributed by atoms with E-state index in [4.69, 9.17) is 9.47 Å². The summed E-state index contributed by atoms with van der Waals surface area (Å²) >= 11 is 0. The van der Waals surface area contributed by atoms with Crippen molar-refractivity contribution < 1.29 is 19.1 Å². The lowest BCUT2D eigenvalue weighted by Crippen LogP contribution is -2.54. The monoisotopic (exact) mass is 423 g/mol. The van der Waals surface area contributed by atoms with Crippen LogP contribution in [0.25, 0.3) is 0 Å². The number of carbonyl (C=O) groups excluding carboxylic acids is 2. The SMILES string of the molecule is COc1ccc(C(=O)C(C)N2CCC(N3C(=O)NCc4ccccc43)CC2)cc1OC. The molecule has 2 aliphatic heterocycles. The Kier molecular flexibility index (Phi) is 6.13. The standard InChI is InChI=1S/C24H29N3O4/c1-16(23(28)17-8-9-21(30-2)22(14-17)31-3)26-12-10-19(11-13-26)27-20-7-5-4-6-18(20)15-25-24(27)29/h4-9,14,16,19H,10-13,15H2,1-3H3,(H,25,29). The molecule has 1 saturated heterocycles. The quantitative estimate of drug-likeness (QED) is 0.721. The molecular weight excluding hydrogens is 394 g/mol. The fourth-order valence-electron chi connectivity index (χ4n) is 4.55. The normalized spacial score (nSPS) is 18.2. The molecule has 2 aromatic rings. The van der Waals surface area contributed by atoms with E-state index in [-0.39, 0.29) is 23.9 Å². The minimum Gasteiger partial charge on any atom is -0.493 e. The molecule has 0 aliphatic carbocycles. The van der Waals surface area contributed by atoms with Crippen molar-refractivity contribution in [1.82, 2.24) is 10.2 Å². The van der Waals surface area contributed by atoms with Gasteiger partial charge in [-0.05, 0) is 49.6 Å². The van der Waals surface area contributed by atoms with E-state index >= 15 is 0 Å². The van der Waals surface area contributed by atoms with Crippen molar-refractivity contribution in [3.63, 3.8) is 0 Å². The number of rotatable bonds is 6. The summed E-state index contributed by atoms with van der Waals surface area (Å²) in [7, 11) is 3.14. The smallest absolute Gasteiger partial charge is 0.322 e. The number of likely N-dealkylation sites (tertiary alicyclic amines) is 1. The Balaban J connectivity index is 1.43. The number of Topliss-reactive ketones (excluding diaryl/α,β-unsaturated/α-hetero) is 1. The topological polar surface area (TPSA) is 71.1 Å². The predicted octanol–water partition coefficient (Wildman–Crippen LogP) is 3.47. The lowest BCUT2D eigenvalue weighted by Gasteiger charge is -2.42. The van der Waals surface area contributed by atoms with Gasteiger partial charge < -0.3 is 14.8 Å². The second-order valence-electron chi connectivity index (χ2n) is 8.03. The second-order valence-corrected chi connectivity index (χ2v) is 8.03. The van der Waals surface area contributed by atoms with Crippen molar-refractivity contribution >= 4 is 17.5 Å².